The molecule has 8 heteroatoms. The Kier molecular flexibility index (Phi) is 6.75. The molecular formula is C22H30BrN5OS. The molecule has 6 nitrogen and oxygen atoms in total. The third-order valence-electron chi connectivity index (χ3n) is 6.11. The Hall–Kier alpha value is -1.51. The maximum absolute atomic E-state index is 13.4. The Morgan fingerprint density at radius 3 is 2.70 bits per heavy atom. The highest BCUT2D eigenvalue weighted by Gasteiger charge is 2.32. The summed E-state index contributed by atoms with van der Waals surface area (Å²) in [5.74, 6) is 1.67. The SMILES string of the molecule is CC(C)NC[C@@H](C(=O)N1CCN(c2ncnc3c2[C@H](C)CC3)CC1)c1ccc(Br)s1. The number of anilines is 1. The van der Waals surface area contributed by atoms with Gasteiger partial charge in [-0.3, -0.25) is 4.79 Å². The van der Waals surface area contributed by atoms with Gasteiger partial charge in [0.15, 0.2) is 0 Å². The third kappa shape index (κ3) is 4.55. The number of carbonyl (C=O) groups is 1. The summed E-state index contributed by atoms with van der Waals surface area (Å²) in [6.45, 7) is 10.3. The van der Waals surface area contributed by atoms with Gasteiger partial charge < -0.3 is 15.1 Å². The van der Waals surface area contributed by atoms with Crippen LogP contribution in [0.3, 0.4) is 0 Å². The van der Waals surface area contributed by atoms with Crippen LogP contribution >= 0.6 is 27.3 Å². The quantitative estimate of drug-likeness (QED) is 0.665. The van der Waals surface area contributed by atoms with Gasteiger partial charge in [0.1, 0.15) is 12.1 Å². The topological polar surface area (TPSA) is 61.4 Å². The van der Waals surface area contributed by atoms with E-state index >= 15 is 0 Å². The average molecular weight is 492 g/mol. The molecule has 1 fully saturated rings. The van der Waals surface area contributed by atoms with Crippen LogP contribution in [0.1, 0.15) is 55.2 Å². The molecule has 0 radical (unpaired) electrons. The number of aryl methyl sites for hydroxylation is 1. The third-order valence-corrected chi connectivity index (χ3v) is 7.85. The fraction of sp³-hybridized carbons (Fsp3) is 0.591. The van der Waals surface area contributed by atoms with Crippen LogP contribution in [0.25, 0.3) is 0 Å². The van der Waals surface area contributed by atoms with Crippen LogP contribution in [0.5, 0.6) is 0 Å². The van der Waals surface area contributed by atoms with Crippen LogP contribution in [0.4, 0.5) is 5.82 Å². The molecule has 0 spiro atoms. The van der Waals surface area contributed by atoms with E-state index in [9.17, 15) is 4.79 Å². The Balaban J connectivity index is 1.45. The van der Waals surface area contributed by atoms with Gasteiger partial charge in [-0.25, -0.2) is 9.97 Å². The molecule has 0 saturated carbocycles. The zero-order chi connectivity index (χ0) is 21.3. The van der Waals surface area contributed by atoms with Crippen LogP contribution in [0, 0.1) is 0 Å². The number of hydrogen-bond acceptors (Lipinski definition) is 6. The predicted octanol–water partition coefficient (Wildman–Crippen LogP) is 3.78. The minimum Gasteiger partial charge on any atom is -0.353 e. The van der Waals surface area contributed by atoms with E-state index in [1.807, 2.05) is 11.0 Å². The summed E-state index contributed by atoms with van der Waals surface area (Å²) >= 11 is 5.20. The molecule has 0 bridgehead atoms. The molecular weight excluding hydrogens is 462 g/mol. The standard InChI is InChI=1S/C22H30BrN5OS/c1-14(2)24-12-16(18-6-7-19(23)30-18)22(29)28-10-8-27(9-11-28)21-20-15(3)4-5-17(20)25-13-26-21/h6-7,13-16,24H,4-5,8-12H2,1-3H3/t15-,16-/m1/s1. The first-order valence-electron chi connectivity index (χ1n) is 10.8. The fourth-order valence-corrected chi connectivity index (χ4v) is 5.93. The molecule has 0 aromatic carbocycles. The van der Waals surface area contributed by atoms with Gasteiger partial charge in [0.2, 0.25) is 5.91 Å². The minimum absolute atomic E-state index is 0.140. The summed E-state index contributed by atoms with van der Waals surface area (Å²) in [6, 6.07) is 4.45. The second-order valence-corrected chi connectivity index (χ2v) is 11.1. The molecule has 2 aliphatic rings. The highest BCUT2D eigenvalue weighted by Crippen LogP contribution is 2.37. The molecule has 30 heavy (non-hydrogen) atoms. The summed E-state index contributed by atoms with van der Waals surface area (Å²) < 4.78 is 1.07. The van der Waals surface area contributed by atoms with Crippen LogP contribution in [-0.2, 0) is 11.2 Å². The molecule has 0 unspecified atom stereocenters. The van der Waals surface area contributed by atoms with Crippen LogP contribution < -0.4 is 10.2 Å². The van der Waals surface area contributed by atoms with Crippen molar-refractivity contribution in [2.45, 2.75) is 51.5 Å². The zero-order valence-corrected chi connectivity index (χ0v) is 20.3. The van der Waals surface area contributed by atoms with E-state index in [0.717, 1.165) is 53.5 Å². The van der Waals surface area contributed by atoms with Gasteiger partial charge in [-0.1, -0.05) is 20.8 Å². The number of piperazine rings is 1. The molecule has 2 atom stereocenters. The maximum Gasteiger partial charge on any atom is 0.232 e. The van der Waals surface area contributed by atoms with Gasteiger partial charge in [-0.2, -0.15) is 0 Å². The number of amides is 1. The number of carbonyl (C=O) groups excluding carboxylic acids is 1. The summed E-state index contributed by atoms with van der Waals surface area (Å²) in [7, 11) is 0. The number of aromatic nitrogens is 2. The lowest BCUT2D eigenvalue weighted by molar-refractivity contribution is -0.133. The second-order valence-electron chi connectivity index (χ2n) is 8.57. The number of fused-ring (bicyclic) bond motifs is 1. The maximum atomic E-state index is 13.4. The first-order valence-corrected chi connectivity index (χ1v) is 12.4. The number of thiophene rings is 1. The number of rotatable bonds is 6. The number of halogens is 1. The minimum atomic E-state index is -0.140. The van der Waals surface area contributed by atoms with E-state index in [1.54, 1.807) is 17.7 Å². The Bertz CT molecular complexity index is 893. The molecule has 1 saturated heterocycles. The lowest BCUT2D eigenvalue weighted by Crippen LogP contribution is -2.51. The summed E-state index contributed by atoms with van der Waals surface area (Å²) in [5, 5.41) is 3.46. The van der Waals surface area contributed by atoms with Crippen LogP contribution in [-0.4, -0.2) is 59.5 Å². The molecule has 1 aliphatic carbocycles. The first kappa shape index (κ1) is 21.7. The first-order chi connectivity index (χ1) is 14.4. The van der Waals surface area contributed by atoms with Gasteiger partial charge in [0.05, 0.1) is 9.70 Å². The monoisotopic (exact) mass is 491 g/mol. The molecule has 1 aliphatic heterocycles. The normalized spacial score (nSPS) is 20.0. The smallest absolute Gasteiger partial charge is 0.232 e. The van der Waals surface area contributed by atoms with E-state index in [-0.39, 0.29) is 11.8 Å². The average Bonchev–Trinajstić information content (AvgIpc) is 3.34. The lowest BCUT2D eigenvalue weighted by Gasteiger charge is -2.38. The molecule has 162 valence electrons. The van der Waals surface area contributed by atoms with Crippen molar-refractivity contribution in [2.75, 3.05) is 37.6 Å². The van der Waals surface area contributed by atoms with Gasteiger partial charge in [0, 0.05) is 54.9 Å². The number of nitrogens with zero attached hydrogens (tertiary/aromatic N) is 4. The van der Waals surface area contributed by atoms with Crippen molar-refractivity contribution in [3.63, 3.8) is 0 Å². The van der Waals surface area contributed by atoms with E-state index in [0.29, 0.717) is 18.5 Å². The van der Waals surface area contributed by atoms with Crippen LogP contribution in [0.2, 0.25) is 0 Å². The molecule has 4 rings (SSSR count). The Morgan fingerprint density at radius 2 is 2.03 bits per heavy atom. The molecule has 2 aromatic rings. The van der Waals surface area contributed by atoms with E-state index < -0.39 is 0 Å². The van der Waals surface area contributed by atoms with Crippen molar-refractivity contribution >= 4 is 39.0 Å². The van der Waals surface area contributed by atoms with Crippen molar-refractivity contribution in [1.82, 2.24) is 20.2 Å². The Labute approximate surface area is 191 Å². The predicted molar refractivity (Wildman–Crippen MR) is 125 cm³/mol. The van der Waals surface area contributed by atoms with E-state index in [2.05, 4.69) is 63.0 Å². The molecule has 1 N–H and O–H groups in total. The van der Waals surface area contributed by atoms with Gasteiger partial charge in [-0.05, 0) is 46.8 Å². The summed E-state index contributed by atoms with van der Waals surface area (Å²) in [6.07, 6.45) is 3.90. The summed E-state index contributed by atoms with van der Waals surface area (Å²) in [4.78, 5) is 28.0. The summed E-state index contributed by atoms with van der Waals surface area (Å²) in [5.41, 5.74) is 2.52. The fourth-order valence-electron chi connectivity index (χ4n) is 4.41. The molecule has 3 heterocycles. The number of hydrogen-bond donors (Lipinski definition) is 1. The van der Waals surface area contributed by atoms with Crippen molar-refractivity contribution in [3.8, 4) is 0 Å². The number of nitrogens with one attached hydrogen (secondary N) is 1. The lowest BCUT2D eigenvalue weighted by atomic mass is 10.0. The highest BCUT2D eigenvalue weighted by atomic mass is 79.9. The van der Waals surface area contributed by atoms with Gasteiger partial charge >= 0.3 is 0 Å². The zero-order valence-electron chi connectivity index (χ0n) is 17.9. The van der Waals surface area contributed by atoms with Crippen molar-refractivity contribution in [2.24, 2.45) is 0 Å². The molecule has 1 amide bonds. The highest BCUT2D eigenvalue weighted by molar-refractivity contribution is 9.11. The largest absolute Gasteiger partial charge is 0.353 e. The Morgan fingerprint density at radius 1 is 1.27 bits per heavy atom. The molecule has 2 aromatic heterocycles. The van der Waals surface area contributed by atoms with Crippen molar-refractivity contribution in [1.29, 1.82) is 0 Å². The second kappa shape index (κ2) is 9.32. The van der Waals surface area contributed by atoms with E-state index in [1.165, 1.54) is 11.3 Å². The van der Waals surface area contributed by atoms with E-state index in [4.69, 9.17) is 0 Å². The van der Waals surface area contributed by atoms with Crippen molar-refractivity contribution < 1.29 is 4.79 Å². The van der Waals surface area contributed by atoms with Crippen LogP contribution in [0.15, 0.2) is 22.2 Å². The van der Waals surface area contributed by atoms with Crippen molar-refractivity contribution in [3.05, 3.63) is 38.4 Å². The van der Waals surface area contributed by atoms with Gasteiger partial charge in [-0.15, -0.1) is 11.3 Å². The van der Waals surface area contributed by atoms with Gasteiger partial charge in [0.25, 0.3) is 0 Å².